The Kier molecular flexibility index (Phi) is 5.69. The molecule has 1 aliphatic heterocycles. The van der Waals surface area contributed by atoms with E-state index in [4.69, 9.17) is 4.74 Å². The van der Waals surface area contributed by atoms with Crippen LogP contribution in [0.1, 0.15) is 18.0 Å². The minimum absolute atomic E-state index is 0.250. The van der Waals surface area contributed by atoms with Gasteiger partial charge >= 0.3 is 0 Å². The molecule has 9 heteroatoms. The van der Waals surface area contributed by atoms with Gasteiger partial charge in [-0.2, -0.15) is 17.4 Å². The van der Waals surface area contributed by atoms with Gasteiger partial charge in [0, 0.05) is 26.7 Å². The number of hydrogen-bond acceptors (Lipinski definition) is 4. The fourth-order valence-corrected chi connectivity index (χ4v) is 3.69. The van der Waals surface area contributed by atoms with E-state index in [2.05, 4.69) is 10.0 Å². The molecule has 0 saturated carbocycles. The van der Waals surface area contributed by atoms with Crippen LogP contribution >= 0.6 is 0 Å². The maximum absolute atomic E-state index is 13.0. The molecule has 1 aliphatic rings. The Morgan fingerprint density at radius 2 is 2.09 bits per heavy atom. The maximum atomic E-state index is 13.0. The molecule has 2 rings (SSSR count). The average molecular weight is 345 g/mol. The first kappa shape index (κ1) is 17.8. The van der Waals surface area contributed by atoms with Crippen molar-refractivity contribution in [3.8, 4) is 0 Å². The number of halogens is 1. The SMILES string of the molecule is COCCNC(=O)[C@H]1C[C@@H](c2ccc(F)cc2)NS(=O)(=O)N1C. The summed E-state index contributed by atoms with van der Waals surface area (Å²) >= 11 is 0. The molecular weight excluding hydrogens is 325 g/mol. The summed E-state index contributed by atoms with van der Waals surface area (Å²) in [6.45, 7) is 0.642. The molecule has 0 radical (unpaired) electrons. The summed E-state index contributed by atoms with van der Waals surface area (Å²) in [5, 5.41) is 2.64. The van der Waals surface area contributed by atoms with E-state index in [1.165, 1.54) is 38.4 Å². The third-order valence-corrected chi connectivity index (χ3v) is 5.34. The van der Waals surface area contributed by atoms with Crippen molar-refractivity contribution in [3.05, 3.63) is 35.6 Å². The van der Waals surface area contributed by atoms with Gasteiger partial charge in [0.2, 0.25) is 5.91 Å². The number of benzene rings is 1. The summed E-state index contributed by atoms with van der Waals surface area (Å²) in [6.07, 6.45) is 0.250. The number of methoxy groups -OCH3 is 1. The number of amides is 1. The number of nitrogens with one attached hydrogen (secondary N) is 2. The fourth-order valence-electron chi connectivity index (χ4n) is 2.42. The second kappa shape index (κ2) is 7.35. The third-order valence-electron chi connectivity index (χ3n) is 3.75. The van der Waals surface area contributed by atoms with E-state index in [0.29, 0.717) is 18.7 Å². The van der Waals surface area contributed by atoms with Gasteiger partial charge in [-0.25, -0.2) is 4.39 Å². The van der Waals surface area contributed by atoms with Gasteiger partial charge < -0.3 is 10.1 Å². The third kappa shape index (κ3) is 4.25. The van der Waals surface area contributed by atoms with Gasteiger partial charge in [0.05, 0.1) is 6.61 Å². The zero-order valence-corrected chi connectivity index (χ0v) is 13.8. The molecule has 128 valence electrons. The van der Waals surface area contributed by atoms with Gasteiger partial charge in [-0.05, 0) is 24.1 Å². The van der Waals surface area contributed by atoms with E-state index < -0.39 is 28.1 Å². The smallest absolute Gasteiger partial charge is 0.280 e. The molecule has 1 fully saturated rings. The quantitative estimate of drug-likeness (QED) is 0.745. The molecule has 2 N–H and O–H groups in total. The molecule has 0 spiro atoms. The number of rotatable bonds is 5. The second-order valence-corrected chi connectivity index (χ2v) is 7.04. The highest BCUT2D eigenvalue weighted by Gasteiger charge is 2.40. The molecule has 2 atom stereocenters. The minimum atomic E-state index is -3.80. The van der Waals surface area contributed by atoms with Gasteiger partial charge in [-0.3, -0.25) is 4.79 Å². The van der Waals surface area contributed by atoms with Crippen LogP contribution in [-0.4, -0.2) is 52.0 Å². The Balaban J connectivity index is 2.18. The molecule has 0 aromatic heterocycles. The van der Waals surface area contributed by atoms with Crippen molar-refractivity contribution in [2.45, 2.75) is 18.5 Å². The molecule has 23 heavy (non-hydrogen) atoms. The standard InChI is InChI=1S/C14H20FN3O4S/c1-18-13(14(19)16-7-8-22-2)9-12(17-23(18,20)21)10-3-5-11(15)6-4-10/h3-6,12-13,17H,7-9H2,1-2H3,(H,16,19)/t12-,13+/m0/s1. The fraction of sp³-hybridized carbons (Fsp3) is 0.500. The predicted octanol–water partition coefficient (Wildman–Crippen LogP) is 0.168. The molecule has 1 amide bonds. The van der Waals surface area contributed by atoms with Crippen molar-refractivity contribution in [1.82, 2.24) is 14.3 Å². The highest BCUT2D eigenvalue weighted by Crippen LogP contribution is 2.27. The first-order chi connectivity index (χ1) is 10.8. The summed E-state index contributed by atoms with van der Waals surface area (Å²) in [5.41, 5.74) is 0.609. The topological polar surface area (TPSA) is 87.7 Å². The zero-order valence-electron chi connectivity index (χ0n) is 13.0. The van der Waals surface area contributed by atoms with Crippen LogP contribution < -0.4 is 10.0 Å². The number of likely N-dealkylation sites (N-methyl/N-ethyl adjacent to an activating group) is 1. The van der Waals surface area contributed by atoms with E-state index in [1.807, 2.05) is 0 Å². The van der Waals surface area contributed by atoms with Crippen molar-refractivity contribution in [2.75, 3.05) is 27.3 Å². The normalized spacial score (nSPS) is 24.3. The van der Waals surface area contributed by atoms with Crippen LogP contribution in [0.25, 0.3) is 0 Å². The molecule has 0 bridgehead atoms. The van der Waals surface area contributed by atoms with E-state index in [1.54, 1.807) is 0 Å². The van der Waals surface area contributed by atoms with Gasteiger partial charge in [0.25, 0.3) is 10.2 Å². The van der Waals surface area contributed by atoms with Crippen LogP contribution in [0.2, 0.25) is 0 Å². The molecular formula is C14H20FN3O4S. The molecule has 0 aliphatic carbocycles. The van der Waals surface area contributed by atoms with Crippen molar-refractivity contribution >= 4 is 16.1 Å². The Bertz CT molecular complexity index is 650. The monoisotopic (exact) mass is 345 g/mol. The highest BCUT2D eigenvalue weighted by molar-refractivity contribution is 7.87. The average Bonchev–Trinajstić information content (AvgIpc) is 2.50. The lowest BCUT2D eigenvalue weighted by Crippen LogP contribution is -2.57. The number of carbonyl (C=O) groups excluding carboxylic acids is 1. The van der Waals surface area contributed by atoms with Crippen LogP contribution in [0.4, 0.5) is 4.39 Å². The second-order valence-electron chi connectivity index (χ2n) is 5.28. The molecule has 1 aromatic rings. The van der Waals surface area contributed by atoms with Crippen LogP contribution in [0.5, 0.6) is 0 Å². The Morgan fingerprint density at radius 1 is 1.43 bits per heavy atom. The van der Waals surface area contributed by atoms with Gasteiger partial charge in [0.15, 0.2) is 0 Å². The summed E-state index contributed by atoms with van der Waals surface area (Å²) in [6, 6.07) is 4.11. The summed E-state index contributed by atoms with van der Waals surface area (Å²) < 4.78 is 45.8. The lowest BCUT2D eigenvalue weighted by atomic mass is 9.99. The lowest BCUT2D eigenvalue weighted by Gasteiger charge is -2.36. The largest absolute Gasteiger partial charge is 0.383 e. The first-order valence-electron chi connectivity index (χ1n) is 7.12. The zero-order chi connectivity index (χ0) is 17.0. The number of hydrogen-bond donors (Lipinski definition) is 2. The number of carbonyl (C=O) groups is 1. The van der Waals surface area contributed by atoms with Crippen LogP contribution in [0.15, 0.2) is 24.3 Å². The summed E-state index contributed by atoms with van der Waals surface area (Å²) in [7, 11) is -0.933. The van der Waals surface area contributed by atoms with Gasteiger partial charge in [0.1, 0.15) is 11.9 Å². The molecule has 1 saturated heterocycles. The number of ether oxygens (including phenoxy) is 1. The number of nitrogens with zero attached hydrogens (tertiary/aromatic N) is 1. The van der Waals surface area contributed by atoms with Gasteiger partial charge in [-0.1, -0.05) is 12.1 Å². The molecule has 1 heterocycles. The van der Waals surface area contributed by atoms with E-state index in [-0.39, 0.29) is 12.3 Å². The summed E-state index contributed by atoms with van der Waals surface area (Å²) in [5.74, 6) is -0.792. The van der Waals surface area contributed by atoms with Crippen LogP contribution in [0, 0.1) is 5.82 Å². The maximum Gasteiger partial charge on any atom is 0.280 e. The van der Waals surface area contributed by atoms with Crippen molar-refractivity contribution < 1.29 is 22.3 Å². The molecule has 0 unspecified atom stereocenters. The van der Waals surface area contributed by atoms with Crippen molar-refractivity contribution in [3.63, 3.8) is 0 Å². The van der Waals surface area contributed by atoms with Crippen LogP contribution in [-0.2, 0) is 19.7 Å². The van der Waals surface area contributed by atoms with Gasteiger partial charge in [-0.15, -0.1) is 0 Å². The van der Waals surface area contributed by atoms with Crippen LogP contribution in [0.3, 0.4) is 0 Å². The first-order valence-corrected chi connectivity index (χ1v) is 8.56. The lowest BCUT2D eigenvalue weighted by molar-refractivity contribution is -0.125. The minimum Gasteiger partial charge on any atom is -0.383 e. The molecule has 1 aromatic carbocycles. The van der Waals surface area contributed by atoms with E-state index >= 15 is 0 Å². The predicted molar refractivity (Wildman–Crippen MR) is 82.3 cm³/mol. The van der Waals surface area contributed by atoms with E-state index in [9.17, 15) is 17.6 Å². The summed E-state index contributed by atoms with van der Waals surface area (Å²) in [4.78, 5) is 12.2. The van der Waals surface area contributed by atoms with Crippen molar-refractivity contribution in [1.29, 1.82) is 0 Å². The highest BCUT2D eigenvalue weighted by atomic mass is 32.2. The van der Waals surface area contributed by atoms with Crippen molar-refractivity contribution in [2.24, 2.45) is 0 Å². The Labute approximate surface area is 135 Å². The Morgan fingerprint density at radius 3 is 2.70 bits per heavy atom. The molecule has 7 nitrogen and oxygen atoms in total. The Hall–Kier alpha value is -1.55. The van der Waals surface area contributed by atoms with E-state index in [0.717, 1.165) is 4.31 Å².